The molecule has 0 radical (unpaired) electrons. The summed E-state index contributed by atoms with van der Waals surface area (Å²) in [6, 6.07) is 13.7. The molecule has 0 unspecified atom stereocenters. The first-order valence-electron chi connectivity index (χ1n) is 8.39. The number of nitrogens with zero attached hydrogens (tertiary/aromatic N) is 1. The molecule has 3 rings (SSSR count). The standard InChI is InChI=1S/C19H23N3O2/c1-14-16(10-13-24-14)19(23)22-18-8-3-2-7-17(18)21-12-9-15-6-4-5-11-20-15/h2-8,11,14,16,21H,9-10,12-13H2,1H3,(H,22,23)/t14-,16+/m1/s1. The Morgan fingerprint density at radius 1 is 1.21 bits per heavy atom. The van der Waals surface area contributed by atoms with E-state index in [1.807, 2.05) is 49.4 Å². The van der Waals surface area contributed by atoms with Crippen molar-refractivity contribution in [2.24, 2.45) is 5.92 Å². The van der Waals surface area contributed by atoms with Crippen molar-refractivity contribution in [1.29, 1.82) is 0 Å². The second-order valence-corrected chi connectivity index (χ2v) is 6.00. The molecule has 24 heavy (non-hydrogen) atoms. The van der Waals surface area contributed by atoms with Crippen LogP contribution in [0.15, 0.2) is 48.7 Å². The van der Waals surface area contributed by atoms with Crippen molar-refractivity contribution in [2.75, 3.05) is 23.8 Å². The number of hydrogen-bond donors (Lipinski definition) is 2. The molecule has 2 atom stereocenters. The van der Waals surface area contributed by atoms with Crippen LogP contribution in [0.3, 0.4) is 0 Å². The maximum absolute atomic E-state index is 12.4. The topological polar surface area (TPSA) is 63.2 Å². The van der Waals surface area contributed by atoms with Crippen LogP contribution in [-0.4, -0.2) is 30.1 Å². The number of amides is 1. The number of rotatable bonds is 6. The number of pyridine rings is 1. The Morgan fingerprint density at radius 3 is 2.71 bits per heavy atom. The van der Waals surface area contributed by atoms with Crippen LogP contribution >= 0.6 is 0 Å². The van der Waals surface area contributed by atoms with Gasteiger partial charge in [0.05, 0.1) is 23.4 Å². The number of benzene rings is 1. The number of anilines is 2. The fourth-order valence-electron chi connectivity index (χ4n) is 2.92. The van der Waals surface area contributed by atoms with Gasteiger partial charge in [-0.1, -0.05) is 18.2 Å². The molecule has 0 bridgehead atoms. The van der Waals surface area contributed by atoms with Crippen molar-refractivity contribution in [3.05, 3.63) is 54.4 Å². The Balaban J connectivity index is 1.59. The van der Waals surface area contributed by atoms with Gasteiger partial charge in [0.15, 0.2) is 0 Å². The van der Waals surface area contributed by atoms with E-state index in [1.165, 1.54) is 0 Å². The highest BCUT2D eigenvalue weighted by molar-refractivity contribution is 5.96. The molecule has 5 heteroatoms. The summed E-state index contributed by atoms with van der Waals surface area (Å²) < 4.78 is 5.48. The first-order chi connectivity index (χ1) is 11.7. The van der Waals surface area contributed by atoms with E-state index in [-0.39, 0.29) is 17.9 Å². The third-order valence-corrected chi connectivity index (χ3v) is 4.32. The van der Waals surface area contributed by atoms with Gasteiger partial charge >= 0.3 is 0 Å². The Bertz CT molecular complexity index is 675. The van der Waals surface area contributed by atoms with Crippen molar-refractivity contribution in [2.45, 2.75) is 25.9 Å². The summed E-state index contributed by atoms with van der Waals surface area (Å²) >= 11 is 0. The van der Waals surface area contributed by atoms with Gasteiger partial charge in [-0.05, 0) is 37.6 Å². The van der Waals surface area contributed by atoms with Gasteiger partial charge in [-0.15, -0.1) is 0 Å². The van der Waals surface area contributed by atoms with Crippen molar-refractivity contribution in [3.63, 3.8) is 0 Å². The molecule has 1 aromatic heterocycles. The highest BCUT2D eigenvalue weighted by atomic mass is 16.5. The van der Waals surface area contributed by atoms with E-state index in [9.17, 15) is 4.79 Å². The molecule has 2 heterocycles. The zero-order valence-electron chi connectivity index (χ0n) is 13.9. The lowest BCUT2D eigenvalue weighted by Gasteiger charge is -2.17. The average molecular weight is 325 g/mol. The van der Waals surface area contributed by atoms with Gasteiger partial charge in [-0.25, -0.2) is 0 Å². The zero-order chi connectivity index (χ0) is 16.8. The molecule has 0 spiro atoms. The predicted molar refractivity (Wildman–Crippen MR) is 95.0 cm³/mol. The Labute approximate surface area is 142 Å². The Kier molecular flexibility index (Phi) is 5.43. The number of ether oxygens (including phenoxy) is 1. The minimum absolute atomic E-state index is 0.0192. The van der Waals surface area contributed by atoms with Crippen molar-refractivity contribution >= 4 is 17.3 Å². The lowest BCUT2D eigenvalue weighted by molar-refractivity contribution is -0.121. The summed E-state index contributed by atoms with van der Waals surface area (Å²) in [6.07, 6.45) is 3.39. The van der Waals surface area contributed by atoms with Crippen LogP contribution in [0.4, 0.5) is 11.4 Å². The number of aromatic nitrogens is 1. The number of nitrogens with one attached hydrogen (secondary N) is 2. The van der Waals surface area contributed by atoms with E-state index in [1.54, 1.807) is 6.20 Å². The molecule has 0 aliphatic carbocycles. The van der Waals surface area contributed by atoms with Gasteiger partial charge in [-0.3, -0.25) is 9.78 Å². The van der Waals surface area contributed by atoms with Crippen molar-refractivity contribution in [3.8, 4) is 0 Å². The Hall–Kier alpha value is -2.40. The number of para-hydroxylation sites is 2. The lowest BCUT2D eigenvalue weighted by Crippen LogP contribution is -2.28. The van der Waals surface area contributed by atoms with Gasteiger partial charge in [0.2, 0.25) is 5.91 Å². The molecular formula is C19H23N3O2. The van der Waals surface area contributed by atoms with E-state index in [0.29, 0.717) is 6.61 Å². The molecule has 2 N–H and O–H groups in total. The first kappa shape index (κ1) is 16.5. The largest absolute Gasteiger partial charge is 0.383 e. The molecule has 126 valence electrons. The predicted octanol–water partition coefficient (Wildman–Crippen LogP) is 3.10. The van der Waals surface area contributed by atoms with Crippen LogP contribution in [0, 0.1) is 5.92 Å². The van der Waals surface area contributed by atoms with Crippen molar-refractivity contribution in [1.82, 2.24) is 4.98 Å². The normalized spacial score (nSPS) is 19.9. The van der Waals surface area contributed by atoms with Gasteiger partial charge < -0.3 is 15.4 Å². The molecule has 1 fully saturated rings. The Morgan fingerprint density at radius 2 is 2.00 bits per heavy atom. The van der Waals surface area contributed by atoms with Gasteiger partial charge in [0, 0.05) is 31.5 Å². The highest BCUT2D eigenvalue weighted by Gasteiger charge is 2.30. The summed E-state index contributed by atoms with van der Waals surface area (Å²) in [5.41, 5.74) is 2.78. The van der Waals surface area contributed by atoms with Crippen LogP contribution < -0.4 is 10.6 Å². The summed E-state index contributed by atoms with van der Waals surface area (Å²) in [7, 11) is 0. The van der Waals surface area contributed by atoms with Crippen LogP contribution in [-0.2, 0) is 16.0 Å². The lowest BCUT2D eigenvalue weighted by atomic mass is 10.0. The van der Waals surface area contributed by atoms with Crippen LogP contribution in [0.25, 0.3) is 0 Å². The average Bonchev–Trinajstić information content (AvgIpc) is 3.03. The van der Waals surface area contributed by atoms with Crippen LogP contribution in [0.2, 0.25) is 0 Å². The van der Waals surface area contributed by atoms with E-state index in [2.05, 4.69) is 15.6 Å². The second kappa shape index (κ2) is 7.93. The minimum Gasteiger partial charge on any atom is -0.383 e. The summed E-state index contributed by atoms with van der Waals surface area (Å²) in [6.45, 7) is 3.37. The maximum Gasteiger partial charge on any atom is 0.230 e. The molecular weight excluding hydrogens is 302 g/mol. The van der Waals surface area contributed by atoms with E-state index < -0.39 is 0 Å². The van der Waals surface area contributed by atoms with Crippen LogP contribution in [0.5, 0.6) is 0 Å². The summed E-state index contributed by atoms with van der Waals surface area (Å²) in [5, 5.41) is 6.42. The quantitative estimate of drug-likeness (QED) is 0.856. The van der Waals surface area contributed by atoms with Gasteiger partial charge in [-0.2, -0.15) is 0 Å². The van der Waals surface area contributed by atoms with Gasteiger partial charge in [0.25, 0.3) is 0 Å². The number of carbonyl (C=O) groups is 1. The third-order valence-electron chi connectivity index (χ3n) is 4.32. The SMILES string of the molecule is C[C@H]1OCC[C@@H]1C(=O)Nc1ccccc1NCCc1ccccn1. The second-order valence-electron chi connectivity index (χ2n) is 6.00. The molecule has 1 aromatic carbocycles. The van der Waals surface area contributed by atoms with Crippen molar-refractivity contribution < 1.29 is 9.53 Å². The third kappa shape index (κ3) is 4.11. The molecule has 5 nitrogen and oxygen atoms in total. The fraction of sp³-hybridized carbons (Fsp3) is 0.368. The zero-order valence-corrected chi connectivity index (χ0v) is 13.9. The smallest absolute Gasteiger partial charge is 0.230 e. The monoisotopic (exact) mass is 325 g/mol. The van der Waals surface area contributed by atoms with E-state index >= 15 is 0 Å². The van der Waals surface area contributed by atoms with E-state index in [4.69, 9.17) is 4.74 Å². The molecule has 1 amide bonds. The van der Waals surface area contributed by atoms with Crippen LogP contribution in [0.1, 0.15) is 19.0 Å². The fourth-order valence-corrected chi connectivity index (χ4v) is 2.92. The van der Waals surface area contributed by atoms with Gasteiger partial charge in [0.1, 0.15) is 0 Å². The maximum atomic E-state index is 12.4. The summed E-state index contributed by atoms with van der Waals surface area (Å²) in [5.74, 6) is -0.0504. The number of carbonyl (C=O) groups excluding carboxylic acids is 1. The minimum atomic E-state index is -0.0772. The molecule has 1 saturated heterocycles. The molecule has 1 aliphatic heterocycles. The first-order valence-corrected chi connectivity index (χ1v) is 8.39. The number of hydrogen-bond acceptors (Lipinski definition) is 4. The summed E-state index contributed by atoms with van der Waals surface area (Å²) in [4.78, 5) is 16.8. The molecule has 1 aliphatic rings. The molecule has 2 aromatic rings. The highest BCUT2D eigenvalue weighted by Crippen LogP contribution is 2.25. The molecule has 0 saturated carbocycles. The van der Waals surface area contributed by atoms with E-state index in [0.717, 1.165) is 36.5 Å².